The van der Waals surface area contributed by atoms with Gasteiger partial charge in [-0.1, -0.05) is 26.0 Å². The Morgan fingerprint density at radius 3 is 2.62 bits per heavy atom. The molecule has 1 fully saturated rings. The molecule has 2 atom stereocenters. The SMILES string of the molecule is C[C@@H]1C[C@@H](C)CN(CCCCOc2ccccc2C=O)C1. The Morgan fingerprint density at radius 1 is 1.19 bits per heavy atom. The molecule has 1 aliphatic rings. The van der Waals surface area contributed by atoms with Crippen molar-refractivity contribution in [3.05, 3.63) is 29.8 Å². The summed E-state index contributed by atoms with van der Waals surface area (Å²) in [5, 5.41) is 0. The normalized spacial score (nSPS) is 23.0. The average molecular weight is 289 g/mol. The highest BCUT2D eigenvalue weighted by Gasteiger charge is 2.20. The minimum atomic E-state index is 0.635. The number of ether oxygens (including phenoxy) is 1. The van der Waals surface area contributed by atoms with Crippen LogP contribution in [-0.4, -0.2) is 37.4 Å². The maximum absolute atomic E-state index is 10.9. The first-order valence-corrected chi connectivity index (χ1v) is 8.08. The molecule has 3 nitrogen and oxygen atoms in total. The van der Waals surface area contributed by atoms with Gasteiger partial charge in [-0.05, 0) is 49.8 Å². The number of likely N-dealkylation sites (tertiary alicyclic amines) is 1. The van der Waals surface area contributed by atoms with E-state index in [1.165, 1.54) is 19.5 Å². The van der Waals surface area contributed by atoms with Crippen molar-refractivity contribution in [3.8, 4) is 5.75 Å². The summed E-state index contributed by atoms with van der Waals surface area (Å²) in [7, 11) is 0. The van der Waals surface area contributed by atoms with Crippen LogP contribution < -0.4 is 4.74 Å². The molecular weight excluding hydrogens is 262 g/mol. The molecule has 2 rings (SSSR count). The standard InChI is InChI=1S/C18H27NO2/c1-15-11-16(2)13-19(12-15)9-5-6-10-21-18-8-4-3-7-17(18)14-20/h3-4,7-8,14-16H,5-6,9-13H2,1-2H3/t15-,16-/m1/s1. The third-order valence-electron chi connectivity index (χ3n) is 4.12. The Kier molecular flexibility index (Phi) is 6.24. The lowest BCUT2D eigenvalue weighted by Gasteiger charge is -2.34. The Hall–Kier alpha value is -1.35. The van der Waals surface area contributed by atoms with E-state index in [4.69, 9.17) is 4.74 Å². The van der Waals surface area contributed by atoms with Crippen LogP contribution in [-0.2, 0) is 0 Å². The molecule has 0 N–H and O–H groups in total. The first kappa shape index (κ1) is 16.0. The van der Waals surface area contributed by atoms with Crippen LogP contribution in [0.25, 0.3) is 0 Å². The van der Waals surface area contributed by atoms with Gasteiger partial charge in [0.25, 0.3) is 0 Å². The number of hydrogen-bond donors (Lipinski definition) is 0. The molecule has 0 unspecified atom stereocenters. The highest BCUT2D eigenvalue weighted by molar-refractivity contribution is 5.79. The number of para-hydroxylation sites is 1. The van der Waals surface area contributed by atoms with Gasteiger partial charge < -0.3 is 9.64 Å². The van der Waals surface area contributed by atoms with Crippen LogP contribution >= 0.6 is 0 Å². The second-order valence-corrected chi connectivity index (χ2v) is 6.42. The average Bonchev–Trinajstić information content (AvgIpc) is 2.46. The van der Waals surface area contributed by atoms with Gasteiger partial charge in [-0.2, -0.15) is 0 Å². The fourth-order valence-electron chi connectivity index (χ4n) is 3.30. The number of carbonyl (C=O) groups excluding carboxylic acids is 1. The highest BCUT2D eigenvalue weighted by atomic mass is 16.5. The molecule has 3 heteroatoms. The number of rotatable bonds is 7. The van der Waals surface area contributed by atoms with Crippen molar-refractivity contribution in [3.63, 3.8) is 0 Å². The van der Waals surface area contributed by atoms with Crippen LogP contribution in [0.2, 0.25) is 0 Å². The quantitative estimate of drug-likeness (QED) is 0.567. The molecule has 0 bridgehead atoms. The fraction of sp³-hybridized carbons (Fsp3) is 0.611. The number of unbranched alkanes of at least 4 members (excludes halogenated alkanes) is 1. The van der Waals surface area contributed by atoms with Gasteiger partial charge in [0.15, 0.2) is 6.29 Å². The Labute approximate surface area is 128 Å². The molecule has 21 heavy (non-hydrogen) atoms. The summed E-state index contributed by atoms with van der Waals surface area (Å²) < 4.78 is 5.71. The van der Waals surface area contributed by atoms with Crippen LogP contribution in [0.1, 0.15) is 43.5 Å². The zero-order valence-electron chi connectivity index (χ0n) is 13.3. The van der Waals surface area contributed by atoms with Gasteiger partial charge in [0.1, 0.15) is 5.75 Å². The van der Waals surface area contributed by atoms with Crippen molar-refractivity contribution in [2.75, 3.05) is 26.2 Å². The number of carbonyl (C=O) groups is 1. The van der Waals surface area contributed by atoms with Gasteiger partial charge in [-0.15, -0.1) is 0 Å². The Morgan fingerprint density at radius 2 is 1.90 bits per heavy atom. The first-order valence-electron chi connectivity index (χ1n) is 8.08. The van der Waals surface area contributed by atoms with E-state index in [2.05, 4.69) is 18.7 Å². The van der Waals surface area contributed by atoms with E-state index in [0.717, 1.165) is 37.5 Å². The molecule has 1 heterocycles. The third-order valence-corrected chi connectivity index (χ3v) is 4.12. The van der Waals surface area contributed by atoms with E-state index in [1.807, 2.05) is 18.2 Å². The molecule has 1 aromatic carbocycles. The van der Waals surface area contributed by atoms with Crippen molar-refractivity contribution in [1.82, 2.24) is 4.90 Å². The zero-order chi connectivity index (χ0) is 15.1. The van der Waals surface area contributed by atoms with Crippen LogP contribution in [0.3, 0.4) is 0 Å². The number of piperidine rings is 1. The molecule has 1 aromatic rings. The molecule has 0 saturated carbocycles. The van der Waals surface area contributed by atoms with Gasteiger partial charge in [-0.25, -0.2) is 0 Å². The van der Waals surface area contributed by atoms with Crippen molar-refractivity contribution < 1.29 is 9.53 Å². The van der Waals surface area contributed by atoms with Crippen molar-refractivity contribution in [2.24, 2.45) is 11.8 Å². The molecule has 0 amide bonds. The maximum Gasteiger partial charge on any atom is 0.153 e. The molecule has 0 spiro atoms. The highest BCUT2D eigenvalue weighted by Crippen LogP contribution is 2.21. The largest absolute Gasteiger partial charge is 0.493 e. The molecule has 1 saturated heterocycles. The number of benzene rings is 1. The van der Waals surface area contributed by atoms with E-state index in [-0.39, 0.29) is 0 Å². The minimum absolute atomic E-state index is 0.635. The van der Waals surface area contributed by atoms with Crippen LogP contribution in [0.4, 0.5) is 0 Å². The van der Waals surface area contributed by atoms with E-state index in [9.17, 15) is 4.79 Å². The van der Waals surface area contributed by atoms with E-state index >= 15 is 0 Å². The fourth-order valence-corrected chi connectivity index (χ4v) is 3.30. The van der Waals surface area contributed by atoms with Gasteiger partial charge in [-0.3, -0.25) is 4.79 Å². The Balaban J connectivity index is 1.65. The summed E-state index contributed by atoms with van der Waals surface area (Å²) >= 11 is 0. The molecule has 1 aliphatic heterocycles. The van der Waals surface area contributed by atoms with Gasteiger partial charge in [0.2, 0.25) is 0 Å². The lowest BCUT2D eigenvalue weighted by molar-refractivity contribution is 0.111. The summed E-state index contributed by atoms with van der Waals surface area (Å²) in [4.78, 5) is 13.5. The first-order chi connectivity index (χ1) is 10.2. The molecule has 0 radical (unpaired) electrons. The summed E-state index contributed by atoms with van der Waals surface area (Å²) in [6, 6.07) is 7.41. The summed E-state index contributed by atoms with van der Waals surface area (Å²) in [5.74, 6) is 2.35. The smallest absolute Gasteiger partial charge is 0.153 e. The predicted octanol–water partition coefficient (Wildman–Crippen LogP) is 3.64. The Bertz CT molecular complexity index is 437. The van der Waals surface area contributed by atoms with Crippen molar-refractivity contribution >= 4 is 6.29 Å². The second-order valence-electron chi connectivity index (χ2n) is 6.42. The summed E-state index contributed by atoms with van der Waals surface area (Å²) in [6.45, 7) is 9.01. The van der Waals surface area contributed by atoms with Crippen LogP contribution in [0.5, 0.6) is 5.75 Å². The topological polar surface area (TPSA) is 29.5 Å². The van der Waals surface area contributed by atoms with E-state index in [0.29, 0.717) is 17.9 Å². The minimum Gasteiger partial charge on any atom is -0.493 e. The van der Waals surface area contributed by atoms with E-state index < -0.39 is 0 Å². The number of hydrogen-bond acceptors (Lipinski definition) is 3. The zero-order valence-corrected chi connectivity index (χ0v) is 13.3. The lowest BCUT2D eigenvalue weighted by atomic mass is 9.92. The van der Waals surface area contributed by atoms with Gasteiger partial charge in [0.05, 0.1) is 12.2 Å². The van der Waals surface area contributed by atoms with Gasteiger partial charge >= 0.3 is 0 Å². The van der Waals surface area contributed by atoms with Crippen molar-refractivity contribution in [2.45, 2.75) is 33.1 Å². The van der Waals surface area contributed by atoms with E-state index in [1.54, 1.807) is 6.07 Å². The lowest BCUT2D eigenvalue weighted by Crippen LogP contribution is -2.39. The second kappa shape index (κ2) is 8.18. The molecule has 0 aromatic heterocycles. The predicted molar refractivity (Wildman–Crippen MR) is 85.9 cm³/mol. The third kappa shape index (κ3) is 5.16. The van der Waals surface area contributed by atoms with Crippen LogP contribution in [0, 0.1) is 11.8 Å². The molecule has 0 aliphatic carbocycles. The monoisotopic (exact) mass is 289 g/mol. The van der Waals surface area contributed by atoms with Crippen LogP contribution in [0.15, 0.2) is 24.3 Å². The van der Waals surface area contributed by atoms with Gasteiger partial charge in [0, 0.05) is 13.1 Å². The molecular formula is C18H27NO2. The number of aldehydes is 1. The summed E-state index contributed by atoms with van der Waals surface area (Å²) in [5.41, 5.74) is 0.635. The van der Waals surface area contributed by atoms with Crippen molar-refractivity contribution in [1.29, 1.82) is 0 Å². The maximum atomic E-state index is 10.9. The summed E-state index contributed by atoms with van der Waals surface area (Å²) in [6.07, 6.45) is 4.41. The molecule has 116 valence electrons. The number of nitrogens with zero attached hydrogens (tertiary/aromatic N) is 1.